The Balaban J connectivity index is 2.37. The molecule has 0 radical (unpaired) electrons. The summed E-state index contributed by atoms with van der Waals surface area (Å²) in [5.74, 6) is -0.731. The lowest BCUT2D eigenvalue weighted by molar-refractivity contribution is 0.0767. The molecule has 0 N–H and O–H groups in total. The van der Waals surface area contributed by atoms with Crippen LogP contribution in [-0.2, 0) is 14.3 Å². The molecule has 0 aliphatic heterocycles. The molecule has 22 heavy (non-hydrogen) atoms. The molecule has 2 unspecified atom stereocenters. The van der Waals surface area contributed by atoms with Crippen molar-refractivity contribution in [3.63, 3.8) is 0 Å². The molecule has 0 aliphatic rings. The Hall–Kier alpha value is -1.98. The molecule has 2 rings (SSSR count). The van der Waals surface area contributed by atoms with Crippen molar-refractivity contribution >= 4 is 15.9 Å². The molecule has 2 aromatic carbocycles. The number of hydrogen-bond donors (Lipinski definition) is 0. The smallest absolute Gasteiger partial charge is 0.265 e. The molecule has 0 heterocycles. The van der Waals surface area contributed by atoms with Gasteiger partial charge in [0.2, 0.25) is 0 Å². The third-order valence-corrected chi connectivity index (χ3v) is 3.93. The molecular formula is C17H18O4S. The van der Waals surface area contributed by atoms with Gasteiger partial charge in [0.25, 0.3) is 10.1 Å². The Bertz CT molecular complexity index is 724. The second kappa shape index (κ2) is 6.85. The molecule has 0 fully saturated rings. The molecule has 0 saturated heterocycles. The van der Waals surface area contributed by atoms with Crippen LogP contribution in [0.3, 0.4) is 0 Å². The van der Waals surface area contributed by atoms with Crippen LogP contribution in [0.15, 0.2) is 60.7 Å². The first-order chi connectivity index (χ1) is 10.4. The van der Waals surface area contributed by atoms with Crippen molar-refractivity contribution < 1.29 is 17.4 Å². The van der Waals surface area contributed by atoms with Crippen molar-refractivity contribution in [1.82, 2.24) is 0 Å². The highest BCUT2D eigenvalue weighted by Crippen LogP contribution is 2.25. The number of carbonyl (C=O) groups excluding carboxylic acids is 1. The van der Waals surface area contributed by atoms with Crippen LogP contribution in [0.1, 0.15) is 28.8 Å². The zero-order valence-electron chi connectivity index (χ0n) is 12.5. The lowest BCUT2D eigenvalue weighted by Crippen LogP contribution is -2.32. The van der Waals surface area contributed by atoms with Gasteiger partial charge in [-0.3, -0.25) is 8.98 Å². The van der Waals surface area contributed by atoms with Crippen LogP contribution in [0.5, 0.6) is 0 Å². The summed E-state index contributed by atoms with van der Waals surface area (Å²) < 4.78 is 28.2. The maximum Gasteiger partial charge on any atom is 0.265 e. The van der Waals surface area contributed by atoms with Crippen LogP contribution in [0.2, 0.25) is 0 Å². The number of rotatable bonds is 6. The standard InChI is InChI=1S/C17H18O4S/c1-13(14-9-5-3-6-10-14)17(21-22(2,19)20)16(18)15-11-7-4-8-12-15/h3-13,17H,1-2H3. The first-order valence-electron chi connectivity index (χ1n) is 6.91. The highest BCUT2D eigenvalue weighted by molar-refractivity contribution is 7.86. The number of Topliss-reactive ketones (excluding diaryl/α,β-unsaturated/α-hetero) is 1. The van der Waals surface area contributed by atoms with Gasteiger partial charge in [-0.05, 0) is 5.56 Å². The fourth-order valence-corrected chi connectivity index (χ4v) is 2.87. The zero-order valence-corrected chi connectivity index (χ0v) is 13.3. The van der Waals surface area contributed by atoms with Crippen LogP contribution < -0.4 is 0 Å². The van der Waals surface area contributed by atoms with Crippen LogP contribution in [0.25, 0.3) is 0 Å². The van der Waals surface area contributed by atoms with Crippen molar-refractivity contribution in [2.45, 2.75) is 18.9 Å². The summed E-state index contributed by atoms with van der Waals surface area (Å²) in [7, 11) is -3.75. The SMILES string of the molecule is CC(c1ccccc1)C(OS(C)(=O)=O)C(=O)c1ccccc1. The van der Waals surface area contributed by atoms with Gasteiger partial charge in [-0.1, -0.05) is 67.6 Å². The molecule has 0 saturated carbocycles. The maximum absolute atomic E-state index is 12.6. The average molecular weight is 318 g/mol. The predicted octanol–water partition coefficient (Wildman–Crippen LogP) is 3.02. The second-order valence-electron chi connectivity index (χ2n) is 5.15. The van der Waals surface area contributed by atoms with E-state index in [0.717, 1.165) is 11.8 Å². The minimum absolute atomic E-state index is 0.345. The fourth-order valence-electron chi connectivity index (χ4n) is 2.24. The quantitative estimate of drug-likeness (QED) is 0.607. The normalized spacial score (nSPS) is 14.3. The van der Waals surface area contributed by atoms with Crippen LogP contribution in [0.4, 0.5) is 0 Å². The van der Waals surface area contributed by atoms with E-state index in [1.54, 1.807) is 37.3 Å². The lowest BCUT2D eigenvalue weighted by Gasteiger charge is -2.22. The van der Waals surface area contributed by atoms with Gasteiger partial charge in [-0.25, -0.2) is 0 Å². The minimum atomic E-state index is -3.75. The van der Waals surface area contributed by atoms with E-state index in [9.17, 15) is 13.2 Å². The third-order valence-electron chi connectivity index (χ3n) is 3.37. The van der Waals surface area contributed by atoms with Gasteiger partial charge in [0.1, 0.15) is 6.10 Å². The number of benzene rings is 2. The van der Waals surface area contributed by atoms with Crippen molar-refractivity contribution in [2.24, 2.45) is 0 Å². The van der Waals surface area contributed by atoms with Gasteiger partial charge in [-0.15, -0.1) is 0 Å². The van der Waals surface area contributed by atoms with E-state index < -0.39 is 16.2 Å². The van der Waals surface area contributed by atoms with Gasteiger partial charge < -0.3 is 0 Å². The summed E-state index contributed by atoms with van der Waals surface area (Å²) in [6.07, 6.45) is -0.129. The first-order valence-corrected chi connectivity index (χ1v) is 8.72. The summed E-state index contributed by atoms with van der Waals surface area (Å²) >= 11 is 0. The highest BCUT2D eigenvalue weighted by atomic mass is 32.2. The summed E-state index contributed by atoms with van der Waals surface area (Å²) in [6.45, 7) is 1.78. The molecule has 0 aromatic heterocycles. The molecule has 0 amide bonds. The summed E-state index contributed by atoms with van der Waals surface area (Å²) in [6, 6.07) is 17.8. The van der Waals surface area contributed by atoms with E-state index in [0.29, 0.717) is 5.56 Å². The van der Waals surface area contributed by atoms with Crippen molar-refractivity contribution in [2.75, 3.05) is 6.26 Å². The van der Waals surface area contributed by atoms with Gasteiger partial charge in [0.05, 0.1) is 6.26 Å². The number of ketones is 1. The molecule has 0 aliphatic carbocycles. The van der Waals surface area contributed by atoms with Crippen LogP contribution in [0, 0.1) is 0 Å². The van der Waals surface area contributed by atoms with Gasteiger partial charge in [0.15, 0.2) is 5.78 Å². The van der Waals surface area contributed by atoms with Gasteiger partial charge >= 0.3 is 0 Å². The molecule has 116 valence electrons. The van der Waals surface area contributed by atoms with E-state index in [1.807, 2.05) is 30.3 Å². The molecule has 0 spiro atoms. The zero-order chi connectivity index (χ0) is 16.2. The Morgan fingerprint density at radius 2 is 1.45 bits per heavy atom. The third kappa shape index (κ3) is 4.26. The van der Waals surface area contributed by atoms with Gasteiger partial charge in [0, 0.05) is 11.5 Å². The van der Waals surface area contributed by atoms with E-state index in [-0.39, 0.29) is 11.7 Å². The summed E-state index contributed by atoms with van der Waals surface area (Å²) in [4.78, 5) is 12.6. The Kier molecular flexibility index (Phi) is 5.11. The van der Waals surface area contributed by atoms with Gasteiger partial charge in [-0.2, -0.15) is 8.42 Å². The van der Waals surface area contributed by atoms with Crippen molar-refractivity contribution in [1.29, 1.82) is 0 Å². The Labute approximate surface area is 130 Å². The number of carbonyl (C=O) groups is 1. The highest BCUT2D eigenvalue weighted by Gasteiger charge is 2.31. The molecule has 2 atom stereocenters. The predicted molar refractivity (Wildman–Crippen MR) is 85.3 cm³/mol. The molecule has 0 bridgehead atoms. The average Bonchev–Trinajstić information content (AvgIpc) is 2.52. The Morgan fingerprint density at radius 3 is 1.95 bits per heavy atom. The molecule has 5 heteroatoms. The van der Waals surface area contributed by atoms with Crippen LogP contribution >= 0.6 is 0 Å². The van der Waals surface area contributed by atoms with Crippen LogP contribution in [-0.4, -0.2) is 26.6 Å². The molecular weight excluding hydrogens is 300 g/mol. The largest absolute Gasteiger partial charge is 0.291 e. The minimum Gasteiger partial charge on any atom is -0.291 e. The summed E-state index contributed by atoms with van der Waals surface area (Å²) in [5, 5.41) is 0. The van der Waals surface area contributed by atoms with Crippen molar-refractivity contribution in [3.8, 4) is 0 Å². The Morgan fingerprint density at radius 1 is 0.955 bits per heavy atom. The van der Waals surface area contributed by atoms with E-state index in [2.05, 4.69) is 0 Å². The van der Waals surface area contributed by atoms with E-state index in [4.69, 9.17) is 4.18 Å². The molecule has 2 aromatic rings. The molecule has 4 nitrogen and oxygen atoms in total. The topological polar surface area (TPSA) is 60.4 Å². The van der Waals surface area contributed by atoms with Crippen molar-refractivity contribution in [3.05, 3.63) is 71.8 Å². The first kappa shape index (κ1) is 16.4. The fraction of sp³-hybridized carbons (Fsp3) is 0.235. The van der Waals surface area contributed by atoms with E-state index >= 15 is 0 Å². The second-order valence-corrected chi connectivity index (χ2v) is 6.75. The maximum atomic E-state index is 12.6. The van der Waals surface area contributed by atoms with E-state index in [1.165, 1.54) is 0 Å². The summed E-state index contributed by atoms with van der Waals surface area (Å²) in [5.41, 5.74) is 1.28. The number of hydrogen-bond acceptors (Lipinski definition) is 4. The lowest BCUT2D eigenvalue weighted by atomic mass is 9.90. The monoisotopic (exact) mass is 318 g/mol.